The van der Waals surface area contributed by atoms with Crippen molar-refractivity contribution in [1.82, 2.24) is 4.90 Å². The first kappa shape index (κ1) is 12.7. The van der Waals surface area contributed by atoms with E-state index in [2.05, 4.69) is 4.99 Å². The summed E-state index contributed by atoms with van der Waals surface area (Å²) in [6.07, 6.45) is 2.37. The van der Waals surface area contributed by atoms with Gasteiger partial charge in [0.1, 0.15) is 18.2 Å². The van der Waals surface area contributed by atoms with Gasteiger partial charge in [-0.3, -0.25) is 0 Å². The highest BCUT2D eigenvalue weighted by molar-refractivity contribution is 5.78. The van der Waals surface area contributed by atoms with E-state index in [0.29, 0.717) is 30.9 Å². The topological polar surface area (TPSA) is 50.8 Å². The highest BCUT2D eigenvalue weighted by atomic mass is 19.1. The van der Waals surface area contributed by atoms with Crippen molar-refractivity contribution in [2.75, 3.05) is 20.2 Å². The molecule has 0 unspecified atom stereocenters. The number of nitrogens with two attached hydrogens (primary N) is 1. The Labute approximate surface area is 106 Å². The molecular formula is C13H18FN3O. The predicted octanol–water partition coefficient (Wildman–Crippen LogP) is 1.61. The Hall–Kier alpha value is -1.78. The third-order valence-electron chi connectivity index (χ3n) is 2.89. The van der Waals surface area contributed by atoms with Gasteiger partial charge < -0.3 is 15.4 Å². The molecule has 1 aromatic rings. The molecule has 0 aliphatic heterocycles. The van der Waals surface area contributed by atoms with Crippen molar-refractivity contribution in [3.63, 3.8) is 0 Å². The van der Waals surface area contributed by atoms with E-state index in [1.54, 1.807) is 12.1 Å². The third-order valence-corrected chi connectivity index (χ3v) is 2.89. The van der Waals surface area contributed by atoms with E-state index in [1.807, 2.05) is 11.9 Å². The molecule has 0 spiro atoms. The summed E-state index contributed by atoms with van der Waals surface area (Å²) in [5.74, 6) is 0.753. The van der Waals surface area contributed by atoms with Crippen LogP contribution in [0.25, 0.3) is 0 Å². The Bertz CT molecular complexity index is 432. The van der Waals surface area contributed by atoms with Crippen molar-refractivity contribution in [2.45, 2.75) is 18.9 Å². The minimum Gasteiger partial charge on any atom is -0.492 e. The summed E-state index contributed by atoms with van der Waals surface area (Å²) in [6, 6.07) is 6.62. The smallest absolute Gasteiger partial charge is 0.191 e. The van der Waals surface area contributed by atoms with Gasteiger partial charge >= 0.3 is 0 Å². The zero-order valence-corrected chi connectivity index (χ0v) is 10.5. The molecule has 1 aromatic carbocycles. The van der Waals surface area contributed by atoms with Crippen LogP contribution in [0.4, 0.5) is 4.39 Å². The molecule has 5 heteroatoms. The average molecular weight is 251 g/mol. The maximum atomic E-state index is 12.9. The van der Waals surface area contributed by atoms with E-state index < -0.39 is 0 Å². The number of ether oxygens (including phenoxy) is 1. The van der Waals surface area contributed by atoms with Crippen LogP contribution in [0, 0.1) is 5.82 Å². The quantitative estimate of drug-likeness (QED) is 0.491. The second-order valence-electron chi connectivity index (χ2n) is 4.39. The molecule has 2 N–H and O–H groups in total. The van der Waals surface area contributed by atoms with E-state index in [9.17, 15) is 4.39 Å². The molecule has 1 aliphatic rings. The Morgan fingerprint density at radius 3 is 3.00 bits per heavy atom. The van der Waals surface area contributed by atoms with Crippen molar-refractivity contribution in [3.8, 4) is 5.75 Å². The van der Waals surface area contributed by atoms with E-state index in [-0.39, 0.29) is 5.82 Å². The Morgan fingerprint density at radius 1 is 1.56 bits per heavy atom. The monoisotopic (exact) mass is 251 g/mol. The lowest BCUT2D eigenvalue weighted by Gasteiger charge is -2.16. The van der Waals surface area contributed by atoms with Gasteiger partial charge in [-0.05, 0) is 25.0 Å². The summed E-state index contributed by atoms with van der Waals surface area (Å²) in [7, 11) is 1.95. The fourth-order valence-electron chi connectivity index (χ4n) is 1.64. The van der Waals surface area contributed by atoms with Crippen molar-refractivity contribution in [2.24, 2.45) is 10.7 Å². The van der Waals surface area contributed by atoms with Crippen LogP contribution in [0.1, 0.15) is 12.8 Å². The number of rotatable bonds is 5. The minimum absolute atomic E-state index is 0.302. The van der Waals surface area contributed by atoms with Gasteiger partial charge in [0.05, 0.1) is 6.54 Å². The van der Waals surface area contributed by atoms with Crippen LogP contribution in [-0.4, -0.2) is 37.1 Å². The van der Waals surface area contributed by atoms with Crippen molar-refractivity contribution in [3.05, 3.63) is 30.1 Å². The molecule has 0 bridgehead atoms. The van der Waals surface area contributed by atoms with Crippen LogP contribution >= 0.6 is 0 Å². The molecule has 0 saturated heterocycles. The number of benzene rings is 1. The molecule has 1 fully saturated rings. The number of guanidine groups is 1. The molecular weight excluding hydrogens is 233 g/mol. The lowest BCUT2D eigenvalue weighted by molar-refractivity contribution is 0.326. The highest BCUT2D eigenvalue weighted by Crippen LogP contribution is 2.24. The van der Waals surface area contributed by atoms with Gasteiger partial charge in [0.25, 0.3) is 0 Å². The number of aliphatic imine (C=N–C) groups is 1. The van der Waals surface area contributed by atoms with Crippen LogP contribution in [0.5, 0.6) is 5.75 Å². The molecule has 4 nitrogen and oxygen atoms in total. The summed E-state index contributed by atoms with van der Waals surface area (Å²) in [5.41, 5.74) is 5.82. The lowest BCUT2D eigenvalue weighted by atomic mass is 10.3. The van der Waals surface area contributed by atoms with E-state index in [1.165, 1.54) is 25.0 Å². The SMILES string of the molecule is CN(C(N)=NCCOc1cccc(F)c1)C1CC1. The van der Waals surface area contributed by atoms with Crippen LogP contribution in [-0.2, 0) is 0 Å². The standard InChI is InChI=1S/C13H18FN3O/c1-17(11-5-6-11)13(15)16-7-8-18-12-4-2-3-10(14)9-12/h2-4,9,11H,5-8H2,1H3,(H2,15,16). The molecule has 18 heavy (non-hydrogen) atoms. The lowest BCUT2D eigenvalue weighted by Crippen LogP contribution is -2.36. The predicted molar refractivity (Wildman–Crippen MR) is 69.2 cm³/mol. The molecule has 0 amide bonds. The fourth-order valence-corrected chi connectivity index (χ4v) is 1.64. The maximum Gasteiger partial charge on any atom is 0.191 e. The first-order chi connectivity index (χ1) is 8.66. The van der Waals surface area contributed by atoms with Gasteiger partial charge in [0.15, 0.2) is 5.96 Å². The molecule has 98 valence electrons. The molecule has 0 radical (unpaired) electrons. The van der Waals surface area contributed by atoms with Crippen molar-refractivity contribution >= 4 is 5.96 Å². The fraction of sp³-hybridized carbons (Fsp3) is 0.462. The molecule has 1 saturated carbocycles. The minimum atomic E-state index is -0.302. The van der Waals surface area contributed by atoms with Crippen LogP contribution in [0.3, 0.4) is 0 Å². The van der Waals surface area contributed by atoms with Gasteiger partial charge in [-0.1, -0.05) is 6.07 Å². The van der Waals surface area contributed by atoms with Gasteiger partial charge in [-0.2, -0.15) is 0 Å². The number of hydrogen-bond donors (Lipinski definition) is 1. The molecule has 0 atom stereocenters. The normalized spacial score (nSPS) is 15.6. The zero-order valence-electron chi connectivity index (χ0n) is 10.5. The first-order valence-electron chi connectivity index (χ1n) is 6.08. The summed E-state index contributed by atoms with van der Waals surface area (Å²) in [5, 5.41) is 0. The largest absolute Gasteiger partial charge is 0.492 e. The van der Waals surface area contributed by atoms with Gasteiger partial charge in [-0.15, -0.1) is 0 Å². The third kappa shape index (κ3) is 3.61. The Kier molecular flexibility index (Phi) is 4.02. The summed E-state index contributed by atoms with van der Waals surface area (Å²) in [4.78, 5) is 6.21. The number of nitrogens with zero attached hydrogens (tertiary/aromatic N) is 2. The second kappa shape index (κ2) is 5.71. The van der Waals surface area contributed by atoms with Crippen molar-refractivity contribution < 1.29 is 9.13 Å². The van der Waals surface area contributed by atoms with E-state index in [0.717, 1.165) is 0 Å². The number of hydrogen-bond acceptors (Lipinski definition) is 2. The Balaban J connectivity index is 1.73. The highest BCUT2D eigenvalue weighted by Gasteiger charge is 2.27. The van der Waals surface area contributed by atoms with Crippen molar-refractivity contribution in [1.29, 1.82) is 0 Å². The van der Waals surface area contributed by atoms with Crippen LogP contribution in [0.15, 0.2) is 29.3 Å². The van der Waals surface area contributed by atoms with Gasteiger partial charge in [-0.25, -0.2) is 9.38 Å². The van der Waals surface area contributed by atoms with Crippen LogP contribution in [0.2, 0.25) is 0 Å². The summed E-state index contributed by atoms with van der Waals surface area (Å²) in [6.45, 7) is 0.863. The Morgan fingerprint density at radius 2 is 2.33 bits per heavy atom. The van der Waals surface area contributed by atoms with Crippen LogP contribution < -0.4 is 10.5 Å². The zero-order chi connectivity index (χ0) is 13.0. The average Bonchev–Trinajstić information content (AvgIpc) is 3.17. The maximum absolute atomic E-state index is 12.9. The summed E-state index contributed by atoms with van der Waals surface area (Å²) < 4.78 is 18.2. The second-order valence-corrected chi connectivity index (χ2v) is 4.39. The van der Waals surface area contributed by atoms with Gasteiger partial charge in [0, 0.05) is 19.2 Å². The van der Waals surface area contributed by atoms with Gasteiger partial charge in [0.2, 0.25) is 0 Å². The molecule has 2 rings (SSSR count). The molecule has 0 heterocycles. The van der Waals surface area contributed by atoms with E-state index >= 15 is 0 Å². The van der Waals surface area contributed by atoms with E-state index in [4.69, 9.17) is 10.5 Å². The number of halogens is 1. The molecule has 0 aromatic heterocycles. The molecule has 1 aliphatic carbocycles. The first-order valence-corrected chi connectivity index (χ1v) is 6.08. The summed E-state index contributed by atoms with van der Waals surface area (Å²) >= 11 is 0.